The number of hydrogen-bond acceptors (Lipinski definition) is 2. The molecule has 0 aliphatic heterocycles. The minimum Gasteiger partial charge on any atom is -0.496 e. The Labute approximate surface area is 128 Å². The van der Waals surface area contributed by atoms with E-state index in [2.05, 4.69) is 6.92 Å². The molecule has 0 saturated heterocycles. The largest absolute Gasteiger partial charge is 0.496 e. The summed E-state index contributed by atoms with van der Waals surface area (Å²) in [5.41, 5.74) is 0.797. The Morgan fingerprint density at radius 1 is 1.10 bits per heavy atom. The Morgan fingerprint density at radius 2 is 1.75 bits per heavy atom. The van der Waals surface area contributed by atoms with Crippen LogP contribution in [0, 0.1) is 0 Å². The summed E-state index contributed by atoms with van der Waals surface area (Å²) in [6.45, 7) is 2.23. The van der Waals surface area contributed by atoms with E-state index in [0.717, 1.165) is 18.4 Å². The summed E-state index contributed by atoms with van der Waals surface area (Å²) in [6, 6.07) is 5.39. The summed E-state index contributed by atoms with van der Waals surface area (Å²) in [4.78, 5) is 0. The molecule has 0 aliphatic rings. The molecule has 1 aromatic carbocycles. The number of halogens is 1. The SMILES string of the molecule is CCCCCCCCCC(O)c1cc(Cl)ccc1OC. The van der Waals surface area contributed by atoms with Gasteiger partial charge < -0.3 is 9.84 Å². The molecule has 1 N–H and O–H groups in total. The highest BCUT2D eigenvalue weighted by Gasteiger charge is 2.13. The summed E-state index contributed by atoms with van der Waals surface area (Å²) >= 11 is 5.98. The van der Waals surface area contributed by atoms with E-state index in [1.54, 1.807) is 19.2 Å². The predicted octanol–water partition coefficient (Wildman–Crippen LogP) is 5.52. The first kappa shape index (κ1) is 17.3. The van der Waals surface area contributed by atoms with E-state index in [-0.39, 0.29) is 0 Å². The summed E-state index contributed by atoms with van der Waals surface area (Å²) in [7, 11) is 1.62. The molecule has 1 rings (SSSR count). The molecule has 0 aliphatic carbocycles. The average Bonchev–Trinajstić information content (AvgIpc) is 2.46. The standard InChI is InChI=1S/C17H27ClO2/c1-3-4-5-6-7-8-9-10-16(19)15-13-14(18)11-12-17(15)20-2/h11-13,16,19H,3-10H2,1-2H3. The van der Waals surface area contributed by atoms with E-state index in [0.29, 0.717) is 10.8 Å². The van der Waals surface area contributed by atoms with Crippen LogP contribution in [0.15, 0.2) is 18.2 Å². The van der Waals surface area contributed by atoms with Crippen LogP contribution in [0.1, 0.15) is 70.0 Å². The number of benzene rings is 1. The fourth-order valence-corrected chi connectivity index (χ4v) is 2.60. The molecule has 3 heteroatoms. The lowest BCUT2D eigenvalue weighted by Gasteiger charge is -2.15. The average molecular weight is 299 g/mol. The van der Waals surface area contributed by atoms with Gasteiger partial charge in [-0.25, -0.2) is 0 Å². The Kier molecular flexibility index (Phi) is 8.72. The van der Waals surface area contributed by atoms with Crippen molar-refractivity contribution in [3.05, 3.63) is 28.8 Å². The van der Waals surface area contributed by atoms with Gasteiger partial charge in [0.25, 0.3) is 0 Å². The van der Waals surface area contributed by atoms with Crippen molar-refractivity contribution in [2.24, 2.45) is 0 Å². The highest BCUT2D eigenvalue weighted by Crippen LogP contribution is 2.31. The van der Waals surface area contributed by atoms with Crippen molar-refractivity contribution in [1.82, 2.24) is 0 Å². The molecule has 1 unspecified atom stereocenters. The van der Waals surface area contributed by atoms with Crippen molar-refractivity contribution in [3.8, 4) is 5.75 Å². The van der Waals surface area contributed by atoms with Crippen molar-refractivity contribution in [2.75, 3.05) is 7.11 Å². The number of unbranched alkanes of at least 4 members (excludes halogenated alkanes) is 6. The molecule has 0 bridgehead atoms. The lowest BCUT2D eigenvalue weighted by molar-refractivity contribution is 0.159. The number of aliphatic hydroxyl groups is 1. The molecule has 20 heavy (non-hydrogen) atoms. The smallest absolute Gasteiger partial charge is 0.124 e. The van der Waals surface area contributed by atoms with Gasteiger partial charge in [-0.2, -0.15) is 0 Å². The van der Waals surface area contributed by atoms with Gasteiger partial charge in [-0.3, -0.25) is 0 Å². The van der Waals surface area contributed by atoms with Gasteiger partial charge in [-0.1, -0.05) is 63.5 Å². The van der Waals surface area contributed by atoms with Crippen LogP contribution in [0.25, 0.3) is 0 Å². The molecule has 0 amide bonds. The lowest BCUT2D eigenvalue weighted by Crippen LogP contribution is -2.01. The van der Waals surface area contributed by atoms with Gasteiger partial charge in [0, 0.05) is 10.6 Å². The van der Waals surface area contributed by atoms with Crippen molar-refractivity contribution in [2.45, 2.75) is 64.4 Å². The van der Waals surface area contributed by atoms with Gasteiger partial charge in [-0.05, 0) is 24.6 Å². The van der Waals surface area contributed by atoms with E-state index in [1.807, 2.05) is 6.07 Å². The fraction of sp³-hybridized carbons (Fsp3) is 0.647. The lowest BCUT2D eigenvalue weighted by atomic mass is 10.0. The van der Waals surface area contributed by atoms with Gasteiger partial charge in [0.1, 0.15) is 5.75 Å². The maximum atomic E-state index is 10.3. The zero-order chi connectivity index (χ0) is 14.8. The van der Waals surface area contributed by atoms with E-state index in [1.165, 1.54) is 38.5 Å². The maximum absolute atomic E-state index is 10.3. The summed E-state index contributed by atoms with van der Waals surface area (Å²) in [6.07, 6.45) is 9.04. The van der Waals surface area contributed by atoms with Crippen LogP contribution in [-0.2, 0) is 0 Å². The summed E-state index contributed by atoms with van der Waals surface area (Å²) in [5, 5.41) is 10.9. The van der Waals surface area contributed by atoms with Crippen LogP contribution in [0.5, 0.6) is 5.75 Å². The molecule has 114 valence electrons. The van der Waals surface area contributed by atoms with E-state index in [4.69, 9.17) is 16.3 Å². The molecule has 0 radical (unpaired) electrons. The normalized spacial score (nSPS) is 12.4. The van der Waals surface area contributed by atoms with Crippen LogP contribution in [-0.4, -0.2) is 12.2 Å². The second kappa shape index (κ2) is 10.1. The minimum absolute atomic E-state index is 0.487. The quantitative estimate of drug-likeness (QED) is 0.576. The molecule has 2 nitrogen and oxygen atoms in total. The monoisotopic (exact) mass is 298 g/mol. The van der Waals surface area contributed by atoms with E-state index < -0.39 is 6.10 Å². The highest BCUT2D eigenvalue weighted by atomic mass is 35.5. The molecule has 0 heterocycles. The second-order valence-corrected chi connectivity index (χ2v) is 5.75. The van der Waals surface area contributed by atoms with Gasteiger partial charge >= 0.3 is 0 Å². The van der Waals surface area contributed by atoms with Crippen molar-refractivity contribution >= 4 is 11.6 Å². The van der Waals surface area contributed by atoms with Crippen LogP contribution < -0.4 is 4.74 Å². The first-order chi connectivity index (χ1) is 9.69. The Balaban J connectivity index is 2.32. The number of aliphatic hydroxyl groups excluding tert-OH is 1. The molecule has 0 fully saturated rings. The van der Waals surface area contributed by atoms with Gasteiger partial charge in [0.15, 0.2) is 0 Å². The van der Waals surface area contributed by atoms with Gasteiger partial charge in [0.2, 0.25) is 0 Å². The Bertz CT molecular complexity index is 379. The number of hydrogen-bond donors (Lipinski definition) is 1. The minimum atomic E-state index is -0.487. The third-order valence-electron chi connectivity index (χ3n) is 3.63. The van der Waals surface area contributed by atoms with Gasteiger partial charge in [-0.15, -0.1) is 0 Å². The first-order valence-corrected chi connectivity index (χ1v) is 8.08. The predicted molar refractivity (Wildman–Crippen MR) is 85.6 cm³/mol. The molecular formula is C17H27ClO2. The summed E-state index contributed by atoms with van der Waals surface area (Å²) < 4.78 is 5.27. The van der Waals surface area contributed by atoms with Crippen LogP contribution in [0.2, 0.25) is 5.02 Å². The zero-order valence-corrected chi connectivity index (χ0v) is 13.5. The van der Waals surface area contributed by atoms with Crippen molar-refractivity contribution < 1.29 is 9.84 Å². The maximum Gasteiger partial charge on any atom is 0.124 e. The molecule has 1 atom stereocenters. The van der Waals surface area contributed by atoms with E-state index >= 15 is 0 Å². The van der Waals surface area contributed by atoms with Crippen LogP contribution in [0.4, 0.5) is 0 Å². The molecule has 0 aromatic heterocycles. The van der Waals surface area contributed by atoms with Crippen LogP contribution in [0.3, 0.4) is 0 Å². The van der Waals surface area contributed by atoms with Crippen molar-refractivity contribution in [1.29, 1.82) is 0 Å². The Hall–Kier alpha value is -0.730. The first-order valence-electron chi connectivity index (χ1n) is 7.70. The van der Waals surface area contributed by atoms with Crippen molar-refractivity contribution in [3.63, 3.8) is 0 Å². The molecule has 1 aromatic rings. The topological polar surface area (TPSA) is 29.5 Å². The zero-order valence-electron chi connectivity index (χ0n) is 12.7. The molecular weight excluding hydrogens is 272 g/mol. The van der Waals surface area contributed by atoms with Gasteiger partial charge in [0.05, 0.1) is 13.2 Å². The molecule has 0 spiro atoms. The third-order valence-corrected chi connectivity index (χ3v) is 3.87. The number of ether oxygens (including phenoxy) is 1. The number of methoxy groups -OCH3 is 1. The highest BCUT2D eigenvalue weighted by molar-refractivity contribution is 6.30. The summed E-state index contributed by atoms with van der Waals surface area (Å²) in [5.74, 6) is 0.713. The third kappa shape index (κ3) is 6.15. The second-order valence-electron chi connectivity index (χ2n) is 5.31. The van der Waals surface area contributed by atoms with E-state index in [9.17, 15) is 5.11 Å². The molecule has 0 saturated carbocycles. The number of rotatable bonds is 10. The Morgan fingerprint density at radius 3 is 2.40 bits per heavy atom. The van der Waals surface area contributed by atoms with Crippen LogP contribution >= 0.6 is 11.6 Å². The fourth-order valence-electron chi connectivity index (χ4n) is 2.42.